The first-order valence-electron chi connectivity index (χ1n) is 10.3. The van der Waals surface area contributed by atoms with Crippen molar-refractivity contribution in [2.24, 2.45) is 0 Å². The normalized spacial score (nSPS) is 11.1. The number of amides is 1. The number of carbonyl (C=O) groups excluding carboxylic acids is 2. The van der Waals surface area contributed by atoms with Gasteiger partial charge in [0.1, 0.15) is 11.4 Å². The Hall–Kier alpha value is -3.78. The van der Waals surface area contributed by atoms with Gasteiger partial charge in [-0.3, -0.25) is 14.7 Å². The number of aromatic amines is 1. The number of aromatic nitrogens is 3. The van der Waals surface area contributed by atoms with Crippen LogP contribution < -0.4 is 0 Å². The fraction of sp³-hybridized carbons (Fsp3) is 0.250. The van der Waals surface area contributed by atoms with E-state index in [9.17, 15) is 9.59 Å². The van der Waals surface area contributed by atoms with E-state index in [0.717, 1.165) is 16.5 Å². The van der Waals surface area contributed by atoms with Crippen LogP contribution in [0.25, 0.3) is 33.6 Å². The van der Waals surface area contributed by atoms with Crippen LogP contribution in [0.1, 0.15) is 33.6 Å². The number of rotatable bonds is 8. The van der Waals surface area contributed by atoms with E-state index in [-0.39, 0.29) is 11.7 Å². The van der Waals surface area contributed by atoms with Gasteiger partial charge in [0, 0.05) is 62.4 Å². The summed E-state index contributed by atoms with van der Waals surface area (Å²) < 4.78 is 10.6. The third kappa shape index (κ3) is 4.31. The van der Waals surface area contributed by atoms with Crippen molar-refractivity contribution >= 4 is 22.6 Å². The lowest BCUT2D eigenvalue weighted by Crippen LogP contribution is -2.21. The minimum atomic E-state index is -0.0584. The van der Waals surface area contributed by atoms with Gasteiger partial charge in [0.2, 0.25) is 0 Å². The van der Waals surface area contributed by atoms with Gasteiger partial charge in [-0.2, -0.15) is 5.10 Å². The average Bonchev–Trinajstić information content (AvgIpc) is 3.45. The Balaban J connectivity index is 1.55. The lowest BCUT2D eigenvalue weighted by Gasteiger charge is -2.09. The zero-order valence-corrected chi connectivity index (χ0v) is 18.2. The Kier molecular flexibility index (Phi) is 6.13. The Morgan fingerprint density at radius 2 is 1.81 bits per heavy atom. The van der Waals surface area contributed by atoms with E-state index >= 15 is 0 Å². The monoisotopic (exact) mass is 432 g/mol. The summed E-state index contributed by atoms with van der Waals surface area (Å²) in [7, 11) is 5.06. The molecule has 0 unspecified atom stereocenters. The smallest absolute Gasteiger partial charge is 0.253 e. The molecule has 0 aliphatic heterocycles. The SMILES string of the molecule is COCCCC(=O)c1ccc2c(-c3cc(-c4ccc(C(=O)N(C)C)cc4)no3)n[nH]c2c1. The van der Waals surface area contributed by atoms with Gasteiger partial charge in [-0.05, 0) is 30.7 Å². The highest BCUT2D eigenvalue weighted by Crippen LogP contribution is 2.30. The molecule has 0 spiro atoms. The molecule has 0 fully saturated rings. The molecule has 4 aromatic rings. The van der Waals surface area contributed by atoms with Crippen LogP contribution in [0.3, 0.4) is 0 Å². The molecule has 8 heteroatoms. The molecule has 1 amide bonds. The van der Waals surface area contributed by atoms with Crippen molar-refractivity contribution in [1.29, 1.82) is 0 Å². The summed E-state index contributed by atoms with van der Waals surface area (Å²) in [6.07, 6.45) is 1.12. The quantitative estimate of drug-likeness (QED) is 0.331. The van der Waals surface area contributed by atoms with E-state index in [1.54, 1.807) is 45.5 Å². The summed E-state index contributed by atoms with van der Waals surface area (Å²) in [5.74, 6) is 0.522. The zero-order valence-electron chi connectivity index (χ0n) is 18.2. The predicted octanol–water partition coefficient (Wildman–Crippen LogP) is 4.20. The summed E-state index contributed by atoms with van der Waals surface area (Å²) >= 11 is 0. The number of H-pyrrole nitrogens is 1. The highest BCUT2D eigenvalue weighted by atomic mass is 16.5. The molecule has 0 saturated heterocycles. The molecule has 32 heavy (non-hydrogen) atoms. The second kappa shape index (κ2) is 9.15. The second-order valence-corrected chi connectivity index (χ2v) is 7.71. The molecule has 0 radical (unpaired) electrons. The lowest BCUT2D eigenvalue weighted by atomic mass is 10.0. The topological polar surface area (TPSA) is 101 Å². The van der Waals surface area contributed by atoms with Gasteiger partial charge in [-0.15, -0.1) is 0 Å². The molecule has 0 saturated carbocycles. The van der Waals surface area contributed by atoms with Crippen LogP contribution in [0.15, 0.2) is 53.1 Å². The first-order chi connectivity index (χ1) is 15.5. The number of ether oxygens (including phenoxy) is 1. The van der Waals surface area contributed by atoms with Crippen LogP contribution in [-0.4, -0.2) is 59.8 Å². The van der Waals surface area contributed by atoms with Crippen molar-refractivity contribution in [2.75, 3.05) is 27.8 Å². The van der Waals surface area contributed by atoms with Crippen molar-refractivity contribution in [1.82, 2.24) is 20.3 Å². The molecular weight excluding hydrogens is 408 g/mol. The van der Waals surface area contributed by atoms with Crippen LogP contribution in [0.2, 0.25) is 0 Å². The van der Waals surface area contributed by atoms with E-state index < -0.39 is 0 Å². The Labute approximate surface area is 185 Å². The Morgan fingerprint density at radius 3 is 2.53 bits per heavy atom. The third-order valence-electron chi connectivity index (χ3n) is 5.21. The van der Waals surface area contributed by atoms with Crippen LogP contribution >= 0.6 is 0 Å². The molecule has 2 aromatic carbocycles. The minimum absolute atomic E-state index is 0.0584. The van der Waals surface area contributed by atoms with Gasteiger partial charge in [-0.1, -0.05) is 23.4 Å². The zero-order chi connectivity index (χ0) is 22.7. The Morgan fingerprint density at radius 1 is 1.06 bits per heavy atom. The summed E-state index contributed by atoms with van der Waals surface area (Å²) in [5.41, 5.74) is 4.09. The minimum Gasteiger partial charge on any atom is -0.385 e. The predicted molar refractivity (Wildman–Crippen MR) is 120 cm³/mol. The number of carbonyl (C=O) groups is 2. The molecule has 0 aliphatic rings. The molecule has 8 nitrogen and oxygen atoms in total. The number of nitrogens with one attached hydrogen (secondary N) is 1. The fourth-order valence-corrected chi connectivity index (χ4v) is 3.47. The maximum Gasteiger partial charge on any atom is 0.253 e. The van der Waals surface area contributed by atoms with Crippen molar-refractivity contribution in [3.05, 3.63) is 59.7 Å². The molecule has 4 rings (SSSR count). The molecule has 0 bridgehead atoms. The van der Waals surface area contributed by atoms with E-state index in [1.807, 2.05) is 24.3 Å². The maximum atomic E-state index is 12.4. The van der Waals surface area contributed by atoms with Gasteiger partial charge in [0.15, 0.2) is 11.5 Å². The second-order valence-electron chi connectivity index (χ2n) is 7.71. The molecule has 0 aliphatic carbocycles. The summed E-state index contributed by atoms with van der Waals surface area (Å²) in [6.45, 7) is 0.560. The average molecular weight is 432 g/mol. The van der Waals surface area contributed by atoms with Crippen LogP contribution in [-0.2, 0) is 4.74 Å². The highest BCUT2D eigenvalue weighted by molar-refractivity contribution is 6.01. The van der Waals surface area contributed by atoms with E-state index in [4.69, 9.17) is 9.26 Å². The Bertz CT molecular complexity index is 1250. The number of Topliss-reactive ketones (excluding diaryl/α,β-unsaturated/α-hetero) is 1. The first-order valence-corrected chi connectivity index (χ1v) is 10.3. The number of methoxy groups -OCH3 is 1. The maximum absolute atomic E-state index is 12.4. The van der Waals surface area contributed by atoms with E-state index in [0.29, 0.717) is 47.7 Å². The number of benzene rings is 2. The van der Waals surface area contributed by atoms with Crippen molar-refractivity contribution < 1.29 is 18.8 Å². The molecular formula is C24H24N4O4. The van der Waals surface area contributed by atoms with E-state index in [1.165, 1.54) is 4.90 Å². The van der Waals surface area contributed by atoms with Gasteiger partial charge < -0.3 is 14.2 Å². The van der Waals surface area contributed by atoms with Crippen LogP contribution in [0.4, 0.5) is 0 Å². The standard InChI is InChI=1S/C24H24N4O4/c1-28(2)24(30)16-8-6-15(7-9-16)19-14-22(32-27-19)23-18-11-10-17(13-20(18)25-26-23)21(29)5-4-12-31-3/h6-11,13-14H,4-5,12H2,1-3H3,(H,25,26). The summed E-state index contributed by atoms with van der Waals surface area (Å²) in [5, 5.41) is 12.3. The number of ketones is 1. The first kappa shape index (κ1) is 21.5. The summed E-state index contributed by atoms with van der Waals surface area (Å²) in [6, 6.07) is 14.5. The van der Waals surface area contributed by atoms with Crippen molar-refractivity contribution in [3.63, 3.8) is 0 Å². The molecule has 1 N–H and O–H groups in total. The number of hydrogen-bond acceptors (Lipinski definition) is 6. The lowest BCUT2D eigenvalue weighted by molar-refractivity contribution is 0.0827. The van der Waals surface area contributed by atoms with Gasteiger partial charge in [-0.25, -0.2) is 0 Å². The number of fused-ring (bicyclic) bond motifs is 1. The number of hydrogen-bond donors (Lipinski definition) is 1. The largest absolute Gasteiger partial charge is 0.385 e. The highest BCUT2D eigenvalue weighted by Gasteiger charge is 2.17. The van der Waals surface area contributed by atoms with Crippen LogP contribution in [0.5, 0.6) is 0 Å². The molecule has 2 aromatic heterocycles. The summed E-state index contributed by atoms with van der Waals surface area (Å²) in [4.78, 5) is 26.0. The van der Waals surface area contributed by atoms with Crippen molar-refractivity contribution in [2.45, 2.75) is 12.8 Å². The van der Waals surface area contributed by atoms with Crippen LogP contribution in [0, 0.1) is 0 Å². The van der Waals surface area contributed by atoms with Gasteiger partial charge >= 0.3 is 0 Å². The molecule has 164 valence electrons. The third-order valence-corrected chi connectivity index (χ3v) is 5.21. The fourth-order valence-electron chi connectivity index (χ4n) is 3.47. The van der Waals surface area contributed by atoms with Gasteiger partial charge in [0.05, 0.1) is 5.52 Å². The molecule has 2 heterocycles. The molecule has 0 atom stereocenters. The van der Waals surface area contributed by atoms with Crippen molar-refractivity contribution in [3.8, 4) is 22.7 Å². The van der Waals surface area contributed by atoms with E-state index in [2.05, 4.69) is 15.4 Å². The number of nitrogens with zero attached hydrogens (tertiary/aromatic N) is 3. The van der Waals surface area contributed by atoms with Gasteiger partial charge in [0.25, 0.3) is 5.91 Å².